The summed E-state index contributed by atoms with van der Waals surface area (Å²) in [6, 6.07) is 7.10. The minimum Gasteiger partial charge on any atom is -0.351 e. The highest BCUT2D eigenvalue weighted by atomic mass is 32.2. The maximum absolute atomic E-state index is 11.8. The summed E-state index contributed by atoms with van der Waals surface area (Å²) in [5.74, 6) is -0.237. The van der Waals surface area contributed by atoms with Crippen molar-refractivity contribution in [2.45, 2.75) is 30.9 Å². The number of benzene rings is 1. The molecule has 1 atom stereocenters. The van der Waals surface area contributed by atoms with E-state index in [1.807, 2.05) is 45.0 Å². The number of carbonyl (C=O) groups excluding carboxylic acids is 2. The molecule has 5 heteroatoms. The standard InChI is InChI=1S/C13H18N2O2S/c1-8(2)11(12(16)15-13(14)17)18-10-6-4-9(3)5-7-10/h4-8,11H,1-3H3,(H3,14,15,16,17)/t11-/m1/s1. The molecule has 0 aliphatic heterocycles. The van der Waals surface area contributed by atoms with E-state index in [2.05, 4.69) is 5.32 Å². The fourth-order valence-electron chi connectivity index (χ4n) is 1.45. The zero-order valence-electron chi connectivity index (χ0n) is 10.8. The molecule has 3 N–H and O–H groups in total. The fraction of sp³-hybridized carbons (Fsp3) is 0.385. The van der Waals surface area contributed by atoms with E-state index in [0.29, 0.717) is 0 Å². The van der Waals surface area contributed by atoms with Gasteiger partial charge < -0.3 is 5.73 Å². The Kier molecular flexibility index (Phi) is 5.22. The number of thioether (sulfide) groups is 1. The minimum atomic E-state index is -0.810. The number of imide groups is 1. The number of rotatable bonds is 4. The van der Waals surface area contributed by atoms with E-state index in [1.54, 1.807) is 0 Å². The Bertz CT molecular complexity index is 429. The first kappa shape index (κ1) is 14.6. The first-order valence-electron chi connectivity index (χ1n) is 5.73. The van der Waals surface area contributed by atoms with Gasteiger partial charge in [0.25, 0.3) is 0 Å². The number of nitrogens with one attached hydrogen (secondary N) is 1. The quantitative estimate of drug-likeness (QED) is 0.821. The molecule has 0 aliphatic carbocycles. The van der Waals surface area contributed by atoms with Crippen molar-refractivity contribution in [2.24, 2.45) is 11.7 Å². The smallest absolute Gasteiger partial charge is 0.318 e. The van der Waals surface area contributed by atoms with Crippen LogP contribution in [-0.2, 0) is 4.79 Å². The van der Waals surface area contributed by atoms with Gasteiger partial charge >= 0.3 is 6.03 Å². The normalized spacial score (nSPS) is 12.2. The van der Waals surface area contributed by atoms with Crippen LogP contribution in [0.5, 0.6) is 0 Å². The van der Waals surface area contributed by atoms with Gasteiger partial charge in [-0.05, 0) is 25.0 Å². The number of primary amides is 1. The molecule has 0 heterocycles. The molecule has 18 heavy (non-hydrogen) atoms. The van der Waals surface area contributed by atoms with Crippen LogP contribution in [-0.4, -0.2) is 17.2 Å². The van der Waals surface area contributed by atoms with Crippen molar-refractivity contribution >= 4 is 23.7 Å². The average Bonchev–Trinajstić information content (AvgIpc) is 2.26. The summed E-state index contributed by atoms with van der Waals surface area (Å²) in [5, 5.41) is 1.80. The zero-order chi connectivity index (χ0) is 13.7. The number of urea groups is 1. The van der Waals surface area contributed by atoms with Crippen LogP contribution in [0.4, 0.5) is 4.79 Å². The van der Waals surface area contributed by atoms with Crippen molar-refractivity contribution in [3.8, 4) is 0 Å². The van der Waals surface area contributed by atoms with Crippen LogP contribution < -0.4 is 11.1 Å². The van der Waals surface area contributed by atoms with Gasteiger partial charge in [-0.15, -0.1) is 11.8 Å². The molecule has 0 radical (unpaired) electrons. The molecule has 0 spiro atoms. The lowest BCUT2D eigenvalue weighted by Gasteiger charge is -2.18. The molecular formula is C13H18N2O2S. The Balaban J connectivity index is 2.77. The molecule has 0 saturated carbocycles. The zero-order valence-corrected chi connectivity index (χ0v) is 11.6. The lowest BCUT2D eigenvalue weighted by molar-refractivity contribution is -0.120. The molecule has 0 aromatic heterocycles. The monoisotopic (exact) mass is 266 g/mol. The van der Waals surface area contributed by atoms with Crippen LogP contribution >= 0.6 is 11.8 Å². The molecular weight excluding hydrogens is 248 g/mol. The second kappa shape index (κ2) is 6.44. The molecule has 1 aromatic rings. The summed E-state index contributed by atoms with van der Waals surface area (Å²) >= 11 is 1.44. The Morgan fingerprint density at radius 2 is 1.78 bits per heavy atom. The third-order valence-corrected chi connectivity index (χ3v) is 3.95. The Morgan fingerprint density at radius 3 is 2.22 bits per heavy atom. The molecule has 0 saturated heterocycles. The molecule has 1 rings (SSSR count). The van der Waals surface area contributed by atoms with Crippen LogP contribution in [0, 0.1) is 12.8 Å². The molecule has 0 bridgehead atoms. The van der Waals surface area contributed by atoms with Gasteiger partial charge in [0.2, 0.25) is 5.91 Å². The summed E-state index contributed by atoms with van der Waals surface area (Å²) in [6.07, 6.45) is 0. The van der Waals surface area contributed by atoms with Crippen LogP contribution in [0.1, 0.15) is 19.4 Å². The molecule has 4 nitrogen and oxygen atoms in total. The first-order valence-corrected chi connectivity index (χ1v) is 6.61. The lowest BCUT2D eigenvalue weighted by Crippen LogP contribution is -2.42. The SMILES string of the molecule is Cc1ccc(S[C@@H](C(=O)NC(N)=O)C(C)C)cc1. The van der Waals surface area contributed by atoms with E-state index in [0.717, 1.165) is 4.90 Å². The third-order valence-electron chi connectivity index (χ3n) is 2.39. The van der Waals surface area contributed by atoms with Crippen molar-refractivity contribution < 1.29 is 9.59 Å². The van der Waals surface area contributed by atoms with Crippen molar-refractivity contribution in [2.75, 3.05) is 0 Å². The predicted molar refractivity (Wildman–Crippen MR) is 73.4 cm³/mol. The number of nitrogens with two attached hydrogens (primary N) is 1. The van der Waals surface area contributed by atoms with Gasteiger partial charge in [0.05, 0.1) is 5.25 Å². The molecule has 98 valence electrons. The van der Waals surface area contributed by atoms with Crippen molar-refractivity contribution in [3.05, 3.63) is 29.8 Å². The molecule has 3 amide bonds. The van der Waals surface area contributed by atoms with E-state index in [-0.39, 0.29) is 17.1 Å². The lowest BCUT2D eigenvalue weighted by atomic mass is 10.1. The number of hydrogen-bond donors (Lipinski definition) is 2. The Hall–Kier alpha value is -1.49. The summed E-state index contributed by atoms with van der Waals surface area (Å²) in [4.78, 5) is 23.5. The second-order valence-corrected chi connectivity index (χ2v) is 5.66. The van der Waals surface area contributed by atoms with Gasteiger partial charge in [0.15, 0.2) is 0 Å². The number of carbonyl (C=O) groups is 2. The molecule has 1 aromatic carbocycles. The van der Waals surface area contributed by atoms with Crippen LogP contribution in [0.15, 0.2) is 29.2 Å². The van der Waals surface area contributed by atoms with Gasteiger partial charge in [0, 0.05) is 4.90 Å². The maximum Gasteiger partial charge on any atom is 0.318 e. The highest BCUT2D eigenvalue weighted by molar-refractivity contribution is 8.00. The van der Waals surface area contributed by atoms with Crippen LogP contribution in [0.3, 0.4) is 0 Å². The fourth-order valence-corrected chi connectivity index (χ4v) is 2.47. The van der Waals surface area contributed by atoms with Gasteiger partial charge in [0.1, 0.15) is 0 Å². The van der Waals surface area contributed by atoms with Gasteiger partial charge in [-0.25, -0.2) is 4.79 Å². The van der Waals surface area contributed by atoms with Crippen molar-refractivity contribution in [1.29, 1.82) is 0 Å². The largest absolute Gasteiger partial charge is 0.351 e. The minimum absolute atomic E-state index is 0.107. The highest BCUT2D eigenvalue weighted by Crippen LogP contribution is 2.28. The van der Waals surface area contributed by atoms with E-state index in [9.17, 15) is 9.59 Å². The Morgan fingerprint density at radius 1 is 1.22 bits per heavy atom. The van der Waals surface area contributed by atoms with Crippen LogP contribution in [0.25, 0.3) is 0 Å². The second-order valence-electron chi connectivity index (χ2n) is 4.45. The van der Waals surface area contributed by atoms with Crippen molar-refractivity contribution in [3.63, 3.8) is 0 Å². The summed E-state index contributed by atoms with van der Waals surface area (Å²) < 4.78 is 0. The Labute approximate surface area is 111 Å². The highest BCUT2D eigenvalue weighted by Gasteiger charge is 2.24. The van der Waals surface area contributed by atoms with E-state index in [1.165, 1.54) is 17.3 Å². The molecule has 0 aliphatic rings. The van der Waals surface area contributed by atoms with Gasteiger partial charge in [-0.1, -0.05) is 31.5 Å². The number of aryl methyl sites for hydroxylation is 1. The van der Waals surface area contributed by atoms with E-state index >= 15 is 0 Å². The summed E-state index contributed by atoms with van der Waals surface area (Å²) in [5.41, 5.74) is 6.13. The summed E-state index contributed by atoms with van der Waals surface area (Å²) in [6.45, 7) is 5.88. The maximum atomic E-state index is 11.8. The third kappa shape index (κ3) is 4.41. The summed E-state index contributed by atoms with van der Waals surface area (Å²) in [7, 11) is 0. The average molecular weight is 266 g/mol. The van der Waals surface area contributed by atoms with E-state index < -0.39 is 6.03 Å². The van der Waals surface area contributed by atoms with E-state index in [4.69, 9.17) is 5.73 Å². The van der Waals surface area contributed by atoms with Crippen LogP contribution in [0.2, 0.25) is 0 Å². The topological polar surface area (TPSA) is 72.2 Å². The van der Waals surface area contributed by atoms with Gasteiger partial charge in [-0.2, -0.15) is 0 Å². The number of amides is 3. The predicted octanol–water partition coefficient (Wildman–Crippen LogP) is 2.31. The number of hydrogen-bond acceptors (Lipinski definition) is 3. The van der Waals surface area contributed by atoms with Crippen molar-refractivity contribution in [1.82, 2.24) is 5.32 Å². The van der Waals surface area contributed by atoms with Gasteiger partial charge in [-0.3, -0.25) is 10.1 Å². The first-order chi connectivity index (χ1) is 8.40. The molecule has 0 fully saturated rings. The molecule has 0 unspecified atom stereocenters.